The summed E-state index contributed by atoms with van der Waals surface area (Å²) in [6.07, 6.45) is -4.52. The van der Waals surface area contributed by atoms with Gasteiger partial charge in [0.25, 0.3) is 5.91 Å². The standard InChI is InChI=1S/C12H12F3N3O2/c13-12(14,15)7-3-1-2-6(4-7)10(19)18-9-8(5-16)17-11(9)20/h1-4,8-9H,5,16H2,(H,17,20)(H,18,19)/t8-,9+/m0/s1. The van der Waals surface area contributed by atoms with Crippen LogP contribution in [0.3, 0.4) is 0 Å². The van der Waals surface area contributed by atoms with Gasteiger partial charge in [-0.2, -0.15) is 13.2 Å². The van der Waals surface area contributed by atoms with Crippen LogP contribution >= 0.6 is 0 Å². The number of nitrogens with one attached hydrogen (secondary N) is 2. The lowest BCUT2D eigenvalue weighted by Crippen LogP contribution is -2.71. The average Bonchev–Trinajstić information content (AvgIpc) is 2.41. The van der Waals surface area contributed by atoms with Crippen molar-refractivity contribution in [3.63, 3.8) is 0 Å². The molecule has 1 heterocycles. The second kappa shape index (κ2) is 5.12. The summed E-state index contributed by atoms with van der Waals surface area (Å²) in [5, 5.41) is 4.84. The Morgan fingerprint density at radius 2 is 2.10 bits per heavy atom. The van der Waals surface area contributed by atoms with E-state index in [0.717, 1.165) is 18.2 Å². The van der Waals surface area contributed by atoms with Crippen molar-refractivity contribution in [2.45, 2.75) is 18.3 Å². The summed E-state index contributed by atoms with van der Waals surface area (Å²) in [5.74, 6) is -1.14. The number of benzene rings is 1. The molecule has 1 aromatic rings. The van der Waals surface area contributed by atoms with Gasteiger partial charge in [0, 0.05) is 12.1 Å². The van der Waals surface area contributed by atoms with Gasteiger partial charge >= 0.3 is 6.18 Å². The molecule has 0 spiro atoms. The van der Waals surface area contributed by atoms with Crippen LogP contribution in [0.2, 0.25) is 0 Å². The van der Waals surface area contributed by atoms with Crippen molar-refractivity contribution in [2.24, 2.45) is 5.73 Å². The van der Waals surface area contributed by atoms with E-state index in [1.807, 2.05) is 0 Å². The number of alkyl halides is 3. The van der Waals surface area contributed by atoms with Crippen molar-refractivity contribution < 1.29 is 22.8 Å². The van der Waals surface area contributed by atoms with Crippen molar-refractivity contribution >= 4 is 11.8 Å². The summed E-state index contributed by atoms with van der Waals surface area (Å²) in [4.78, 5) is 23.1. The molecule has 20 heavy (non-hydrogen) atoms. The molecule has 0 radical (unpaired) electrons. The fourth-order valence-electron chi connectivity index (χ4n) is 1.86. The van der Waals surface area contributed by atoms with E-state index in [1.165, 1.54) is 6.07 Å². The van der Waals surface area contributed by atoms with Crippen LogP contribution in [0.5, 0.6) is 0 Å². The lowest BCUT2D eigenvalue weighted by Gasteiger charge is -2.36. The quantitative estimate of drug-likeness (QED) is 0.697. The molecule has 108 valence electrons. The SMILES string of the molecule is NC[C@@H]1NC(=O)[C@@H]1NC(=O)c1cccc(C(F)(F)F)c1. The van der Waals surface area contributed by atoms with Gasteiger partial charge in [-0.3, -0.25) is 9.59 Å². The lowest BCUT2D eigenvalue weighted by atomic mass is 9.98. The second-order valence-electron chi connectivity index (χ2n) is 4.38. The van der Waals surface area contributed by atoms with Gasteiger partial charge in [0.1, 0.15) is 6.04 Å². The Hall–Kier alpha value is -2.09. The van der Waals surface area contributed by atoms with E-state index < -0.39 is 35.6 Å². The van der Waals surface area contributed by atoms with E-state index in [0.29, 0.717) is 0 Å². The molecule has 0 saturated carbocycles. The zero-order chi connectivity index (χ0) is 14.9. The third-order valence-electron chi connectivity index (χ3n) is 3.01. The summed E-state index contributed by atoms with van der Waals surface area (Å²) >= 11 is 0. The summed E-state index contributed by atoms with van der Waals surface area (Å²) in [6, 6.07) is 2.80. The number of carbonyl (C=O) groups is 2. The Balaban J connectivity index is 2.12. The van der Waals surface area contributed by atoms with Gasteiger partial charge in [-0.25, -0.2) is 0 Å². The smallest absolute Gasteiger partial charge is 0.348 e. The molecule has 2 amide bonds. The minimum Gasteiger partial charge on any atom is -0.348 e. The monoisotopic (exact) mass is 287 g/mol. The molecule has 1 aliphatic rings. The molecule has 0 aromatic heterocycles. The first kappa shape index (κ1) is 14.3. The Morgan fingerprint density at radius 1 is 1.40 bits per heavy atom. The molecule has 8 heteroatoms. The van der Waals surface area contributed by atoms with E-state index in [4.69, 9.17) is 5.73 Å². The highest BCUT2D eigenvalue weighted by atomic mass is 19.4. The van der Waals surface area contributed by atoms with Crippen LogP contribution in [0.15, 0.2) is 24.3 Å². The van der Waals surface area contributed by atoms with Crippen LogP contribution < -0.4 is 16.4 Å². The van der Waals surface area contributed by atoms with Crippen molar-refractivity contribution in [3.8, 4) is 0 Å². The molecular weight excluding hydrogens is 275 g/mol. The molecule has 1 aliphatic heterocycles. The molecule has 0 unspecified atom stereocenters. The molecule has 1 aromatic carbocycles. The number of rotatable bonds is 3. The zero-order valence-electron chi connectivity index (χ0n) is 10.2. The number of β-lactam (4-membered cyclic amide) rings is 1. The number of halogens is 3. The van der Waals surface area contributed by atoms with E-state index in [2.05, 4.69) is 10.6 Å². The summed E-state index contributed by atoms with van der Waals surface area (Å²) in [6.45, 7) is 0.138. The van der Waals surface area contributed by atoms with Crippen molar-refractivity contribution in [2.75, 3.05) is 6.54 Å². The summed E-state index contributed by atoms with van der Waals surface area (Å²) in [7, 11) is 0. The Labute approximate surface area is 112 Å². The molecule has 1 fully saturated rings. The van der Waals surface area contributed by atoms with Crippen LogP contribution in [0.25, 0.3) is 0 Å². The van der Waals surface area contributed by atoms with Gasteiger partial charge in [-0.15, -0.1) is 0 Å². The summed E-state index contributed by atoms with van der Waals surface area (Å²) < 4.78 is 37.6. The second-order valence-corrected chi connectivity index (χ2v) is 4.38. The third-order valence-corrected chi connectivity index (χ3v) is 3.01. The lowest BCUT2D eigenvalue weighted by molar-refractivity contribution is -0.137. The highest BCUT2D eigenvalue weighted by Crippen LogP contribution is 2.29. The van der Waals surface area contributed by atoms with E-state index in [9.17, 15) is 22.8 Å². The van der Waals surface area contributed by atoms with Crippen LogP contribution in [0.4, 0.5) is 13.2 Å². The van der Waals surface area contributed by atoms with Crippen molar-refractivity contribution in [3.05, 3.63) is 35.4 Å². The number of nitrogens with two attached hydrogens (primary N) is 1. The van der Waals surface area contributed by atoms with Crippen molar-refractivity contribution in [1.82, 2.24) is 10.6 Å². The van der Waals surface area contributed by atoms with Gasteiger partial charge in [0.05, 0.1) is 11.6 Å². The fourth-order valence-corrected chi connectivity index (χ4v) is 1.86. The van der Waals surface area contributed by atoms with Gasteiger partial charge in [0.15, 0.2) is 0 Å². The molecule has 4 N–H and O–H groups in total. The first-order valence-corrected chi connectivity index (χ1v) is 5.81. The minimum atomic E-state index is -4.52. The number of hydrogen-bond acceptors (Lipinski definition) is 3. The Kier molecular flexibility index (Phi) is 3.67. The largest absolute Gasteiger partial charge is 0.416 e. The molecule has 2 rings (SSSR count). The Morgan fingerprint density at radius 3 is 2.65 bits per heavy atom. The van der Waals surface area contributed by atoms with E-state index in [1.54, 1.807) is 0 Å². The van der Waals surface area contributed by atoms with Crippen LogP contribution in [-0.2, 0) is 11.0 Å². The van der Waals surface area contributed by atoms with Gasteiger partial charge in [-0.1, -0.05) is 6.07 Å². The van der Waals surface area contributed by atoms with Gasteiger partial charge < -0.3 is 16.4 Å². The highest BCUT2D eigenvalue weighted by Gasteiger charge is 2.39. The first-order chi connectivity index (χ1) is 9.32. The maximum Gasteiger partial charge on any atom is 0.416 e. The maximum atomic E-state index is 12.5. The number of hydrogen-bond donors (Lipinski definition) is 3. The average molecular weight is 287 g/mol. The topological polar surface area (TPSA) is 84.2 Å². The normalized spacial score (nSPS) is 21.9. The predicted molar refractivity (Wildman–Crippen MR) is 63.7 cm³/mol. The molecule has 0 aliphatic carbocycles. The fraction of sp³-hybridized carbons (Fsp3) is 0.333. The Bertz CT molecular complexity index is 545. The third kappa shape index (κ3) is 2.74. The molecule has 0 bridgehead atoms. The molecule has 1 saturated heterocycles. The van der Waals surface area contributed by atoms with Gasteiger partial charge in [0.2, 0.25) is 5.91 Å². The maximum absolute atomic E-state index is 12.5. The van der Waals surface area contributed by atoms with E-state index in [-0.39, 0.29) is 12.1 Å². The number of amides is 2. The van der Waals surface area contributed by atoms with Crippen LogP contribution in [-0.4, -0.2) is 30.4 Å². The van der Waals surface area contributed by atoms with Crippen LogP contribution in [0, 0.1) is 0 Å². The van der Waals surface area contributed by atoms with Crippen LogP contribution in [0.1, 0.15) is 15.9 Å². The zero-order valence-corrected chi connectivity index (χ0v) is 10.2. The van der Waals surface area contributed by atoms with E-state index >= 15 is 0 Å². The minimum absolute atomic E-state index is 0.138. The molecular formula is C12H12F3N3O2. The first-order valence-electron chi connectivity index (χ1n) is 5.81. The molecule has 2 atom stereocenters. The van der Waals surface area contributed by atoms with Gasteiger partial charge in [-0.05, 0) is 18.2 Å². The number of carbonyl (C=O) groups excluding carboxylic acids is 2. The molecule has 5 nitrogen and oxygen atoms in total. The predicted octanol–water partition coefficient (Wildman–Crippen LogP) is 0.261. The summed E-state index contributed by atoms with van der Waals surface area (Å²) in [5.41, 5.74) is 4.29. The highest BCUT2D eigenvalue weighted by molar-refractivity contribution is 6.00. The van der Waals surface area contributed by atoms with Crippen molar-refractivity contribution in [1.29, 1.82) is 0 Å².